The minimum atomic E-state index is -0.918. The highest BCUT2D eigenvalue weighted by molar-refractivity contribution is 7.07. The van der Waals surface area contributed by atoms with Crippen LogP contribution >= 0.6 is 11.3 Å². The number of carbonyl (C=O) groups is 1. The zero-order chi connectivity index (χ0) is 32.7. The van der Waals surface area contributed by atoms with Crippen molar-refractivity contribution in [1.29, 1.82) is 0 Å². The number of nitro groups is 1. The summed E-state index contributed by atoms with van der Waals surface area (Å²) in [6, 6.07) is 16.4. The number of carbonyl (C=O) groups excluding carboxylic acids is 1. The van der Waals surface area contributed by atoms with Crippen molar-refractivity contribution in [2.24, 2.45) is 4.99 Å². The topological polar surface area (TPSA) is 135 Å². The van der Waals surface area contributed by atoms with Crippen LogP contribution in [-0.4, -0.2) is 36.3 Å². The van der Waals surface area contributed by atoms with Gasteiger partial charge in [0, 0.05) is 29.3 Å². The van der Waals surface area contributed by atoms with Gasteiger partial charge in [0.15, 0.2) is 4.80 Å². The molecule has 0 saturated heterocycles. The van der Waals surface area contributed by atoms with E-state index in [4.69, 9.17) is 18.6 Å². The standard InChI is InChI=1S/C34H29N3O8S/c1-6-44-33(39)29-19(3)35-34-36(31(29)30-25-16-22(42-4)10-7-20(25)8-13-27(30)43-5)32(38)28(46-34)17-23-11-14-26(45-23)24-12-9-21(37(40)41)15-18(24)2/h7-17,31H,6H2,1-5H3. The zero-order valence-electron chi connectivity index (χ0n) is 25.7. The maximum absolute atomic E-state index is 14.3. The van der Waals surface area contributed by atoms with Crippen LogP contribution in [0.25, 0.3) is 28.2 Å². The van der Waals surface area contributed by atoms with E-state index in [9.17, 15) is 19.7 Å². The Hall–Kier alpha value is -5.49. The first kappa shape index (κ1) is 30.5. The predicted molar refractivity (Wildman–Crippen MR) is 173 cm³/mol. The molecule has 0 saturated carbocycles. The third-order valence-electron chi connectivity index (χ3n) is 7.83. The van der Waals surface area contributed by atoms with Crippen molar-refractivity contribution < 1.29 is 28.3 Å². The van der Waals surface area contributed by atoms with Gasteiger partial charge in [0.05, 0.1) is 41.6 Å². The van der Waals surface area contributed by atoms with Crippen LogP contribution in [0.2, 0.25) is 0 Å². The maximum atomic E-state index is 14.3. The van der Waals surface area contributed by atoms with E-state index in [2.05, 4.69) is 4.99 Å². The first-order valence-electron chi connectivity index (χ1n) is 14.3. The van der Waals surface area contributed by atoms with E-state index in [0.29, 0.717) is 54.7 Å². The molecule has 0 aliphatic carbocycles. The molecule has 3 aromatic carbocycles. The summed E-state index contributed by atoms with van der Waals surface area (Å²) in [7, 11) is 3.11. The quantitative estimate of drug-likeness (QED) is 0.124. The highest BCUT2D eigenvalue weighted by Gasteiger charge is 2.36. The number of esters is 1. The summed E-state index contributed by atoms with van der Waals surface area (Å²) in [6.45, 7) is 5.35. The molecule has 1 aliphatic heterocycles. The molecule has 0 bridgehead atoms. The summed E-state index contributed by atoms with van der Waals surface area (Å²) in [6.07, 6.45) is 1.62. The average molecular weight is 640 g/mol. The molecule has 234 valence electrons. The van der Waals surface area contributed by atoms with Crippen LogP contribution in [0.5, 0.6) is 11.5 Å². The number of furan rings is 1. The number of hydrogen-bond acceptors (Lipinski definition) is 10. The number of thiazole rings is 1. The third-order valence-corrected chi connectivity index (χ3v) is 8.81. The number of non-ortho nitro benzene ring substituents is 1. The van der Waals surface area contributed by atoms with E-state index in [-0.39, 0.29) is 23.4 Å². The molecule has 0 spiro atoms. The molecule has 1 unspecified atom stereocenters. The molecular formula is C34H29N3O8S. The number of aromatic nitrogens is 1. The van der Waals surface area contributed by atoms with Crippen molar-refractivity contribution in [3.05, 3.63) is 119 Å². The predicted octanol–water partition coefficient (Wildman–Crippen LogP) is 5.45. The van der Waals surface area contributed by atoms with Crippen molar-refractivity contribution >= 4 is 39.8 Å². The van der Waals surface area contributed by atoms with E-state index in [1.807, 2.05) is 30.3 Å². The molecular weight excluding hydrogens is 610 g/mol. The number of rotatable bonds is 8. The first-order chi connectivity index (χ1) is 22.1. The molecule has 3 heterocycles. The SMILES string of the molecule is CCOC(=O)C1=C(C)N=c2sc(=Cc3ccc(-c4ccc([N+](=O)[O-])cc4C)o3)c(=O)n2C1c1c(OC)ccc2ccc(OC)cc12. The van der Waals surface area contributed by atoms with Gasteiger partial charge in [-0.3, -0.25) is 19.5 Å². The van der Waals surface area contributed by atoms with Crippen molar-refractivity contribution in [2.75, 3.05) is 20.8 Å². The van der Waals surface area contributed by atoms with E-state index >= 15 is 0 Å². The Balaban J connectivity index is 1.55. The Labute approximate surface area is 266 Å². The summed E-state index contributed by atoms with van der Waals surface area (Å²) >= 11 is 1.17. The number of methoxy groups -OCH3 is 2. The fourth-order valence-corrected chi connectivity index (χ4v) is 6.72. The normalized spacial score (nSPS) is 14.6. The number of nitrogens with zero attached hydrogens (tertiary/aromatic N) is 3. The summed E-state index contributed by atoms with van der Waals surface area (Å²) in [5.74, 6) is 1.40. The molecule has 46 heavy (non-hydrogen) atoms. The fraction of sp³-hybridized carbons (Fsp3) is 0.206. The smallest absolute Gasteiger partial charge is 0.338 e. The van der Waals surface area contributed by atoms with Crippen LogP contribution in [0.3, 0.4) is 0 Å². The maximum Gasteiger partial charge on any atom is 0.338 e. The van der Waals surface area contributed by atoms with Crippen LogP contribution in [0.4, 0.5) is 5.69 Å². The van der Waals surface area contributed by atoms with Gasteiger partial charge in [0.1, 0.15) is 29.1 Å². The fourth-order valence-electron chi connectivity index (χ4n) is 5.70. The molecule has 1 aliphatic rings. The Morgan fingerprint density at radius 1 is 1.09 bits per heavy atom. The third kappa shape index (κ3) is 5.26. The lowest BCUT2D eigenvalue weighted by Gasteiger charge is -2.27. The van der Waals surface area contributed by atoms with E-state index < -0.39 is 16.9 Å². The Kier molecular flexibility index (Phi) is 8.05. The molecule has 0 amide bonds. The van der Waals surface area contributed by atoms with Crippen molar-refractivity contribution in [2.45, 2.75) is 26.8 Å². The van der Waals surface area contributed by atoms with Gasteiger partial charge in [-0.1, -0.05) is 23.5 Å². The van der Waals surface area contributed by atoms with E-state index in [1.54, 1.807) is 52.2 Å². The zero-order valence-corrected chi connectivity index (χ0v) is 26.5. The second-order valence-electron chi connectivity index (χ2n) is 10.5. The highest BCUT2D eigenvalue weighted by atomic mass is 32.1. The van der Waals surface area contributed by atoms with E-state index in [0.717, 1.165) is 10.8 Å². The lowest BCUT2D eigenvalue weighted by molar-refractivity contribution is -0.384. The molecule has 2 aromatic heterocycles. The second-order valence-corrected chi connectivity index (χ2v) is 11.5. The Morgan fingerprint density at radius 2 is 1.87 bits per heavy atom. The van der Waals surface area contributed by atoms with Gasteiger partial charge in [0.25, 0.3) is 11.2 Å². The van der Waals surface area contributed by atoms with Crippen LogP contribution in [-0.2, 0) is 9.53 Å². The van der Waals surface area contributed by atoms with Crippen LogP contribution < -0.4 is 24.4 Å². The largest absolute Gasteiger partial charge is 0.497 e. The molecule has 0 N–H and O–H groups in total. The Bertz CT molecular complexity index is 2250. The summed E-state index contributed by atoms with van der Waals surface area (Å²) in [4.78, 5) is 43.6. The number of allylic oxidation sites excluding steroid dienone is 1. The minimum absolute atomic E-state index is 0.0116. The van der Waals surface area contributed by atoms with Crippen molar-refractivity contribution in [3.63, 3.8) is 0 Å². The second kappa shape index (κ2) is 12.1. The first-order valence-corrected chi connectivity index (χ1v) is 15.2. The van der Waals surface area contributed by atoms with Gasteiger partial charge in [-0.2, -0.15) is 0 Å². The van der Waals surface area contributed by atoms with Gasteiger partial charge in [-0.15, -0.1) is 0 Å². The number of fused-ring (bicyclic) bond motifs is 2. The molecule has 11 nitrogen and oxygen atoms in total. The van der Waals surface area contributed by atoms with Gasteiger partial charge < -0.3 is 18.6 Å². The molecule has 6 rings (SSSR count). The highest BCUT2D eigenvalue weighted by Crippen LogP contribution is 2.41. The summed E-state index contributed by atoms with van der Waals surface area (Å²) in [5, 5.41) is 12.8. The lowest BCUT2D eigenvalue weighted by Crippen LogP contribution is -2.40. The van der Waals surface area contributed by atoms with Crippen LogP contribution in [0.1, 0.15) is 36.8 Å². The summed E-state index contributed by atoms with van der Waals surface area (Å²) in [5.41, 5.74) is 2.22. The van der Waals surface area contributed by atoms with Gasteiger partial charge in [-0.25, -0.2) is 9.79 Å². The number of aryl methyl sites for hydroxylation is 1. The molecule has 1 atom stereocenters. The van der Waals surface area contributed by atoms with Crippen LogP contribution in [0.15, 0.2) is 86.1 Å². The minimum Gasteiger partial charge on any atom is -0.497 e. The molecule has 0 radical (unpaired) electrons. The van der Waals surface area contributed by atoms with E-state index in [1.165, 1.54) is 35.1 Å². The summed E-state index contributed by atoms with van der Waals surface area (Å²) < 4.78 is 24.7. The monoisotopic (exact) mass is 639 g/mol. The van der Waals surface area contributed by atoms with Crippen molar-refractivity contribution in [1.82, 2.24) is 4.57 Å². The molecule has 5 aromatic rings. The Morgan fingerprint density at radius 3 is 2.57 bits per heavy atom. The van der Waals surface area contributed by atoms with Gasteiger partial charge >= 0.3 is 5.97 Å². The number of hydrogen-bond donors (Lipinski definition) is 0. The molecule has 0 fully saturated rings. The van der Waals surface area contributed by atoms with Crippen LogP contribution in [0, 0.1) is 17.0 Å². The van der Waals surface area contributed by atoms with Gasteiger partial charge in [0.2, 0.25) is 0 Å². The molecule has 12 heteroatoms. The average Bonchev–Trinajstić information content (AvgIpc) is 3.63. The number of nitro benzene ring substituents is 1. The number of benzene rings is 3. The van der Waals surface area contributed by atoms with Gasteiger partial charge in [-0.05, 0) is 73.5 Å². The lowest BCUT2D eigenvalue weighted by atomic mass is 9.90. The van der Waals surface area contributed by atoms with Crippen molar-refractivity contribution in [3.8, 4) is 22.8 Å². The number of ether oxygens (including phenoxy) is 3.